The molecule has 0 fully saturated rings. The Morgan fingerprint density at radius 1 is 1.21 bits per heavy atom. The van der Waals surface area contributed by atoms with E-state index < -0.39 is 0 Å². The highest BCUT2D eigenvalue weighted by molar-refractivity contribution is 6.44. The van der Waals surface area contributed by atoms with Gasteiger partial charge < -0.3 is 0 Å². The van der Waals surface area contributed by atoms with Crippen LogP contribution in [0.15, 0.2) is 46.4 Å². The number of para-hydroxylation sites is 1. The van der Waals surface area contributed by atoms with Crippen molar-refractivity contribution in [3.63, 3.8) is 0 Å². The van der Waals surface area contributed by atoms with Gasteiger partial charge in [-0.2, -0.15) is 0 Å². The molecule has 0 amide bonds. The van der Waals surface area contributed by atoms with Gasteiger partial charge in [0.15, 0.2) is 0 Å². The van der Waals surface area contributed by atoms with Gasteiger partial charge >= 0.3 is 0 Å². The lowest BCUT2D eigenvalue weighted by Gasteiger charge is -2.08. The van der Waals surface area contributed by atoms with Crippen molar-refractivity contribution in [1.82, 2.24) is 0 Å². The number of allylic oxidation sites excluding steroid dienone is 4. The standard InChI is InChI=1S/C12H8ClN/c13-9-5-3-7-11-12(9)8-4-1-2-6-10(8)14-11/h1-6H,7H2. The molecular weight excluding hydrogens is 194 g/mol. The molecule has 0 radical (unpaired) electrons. The Bertz CT molecular complexity index is 495. The second-order valence-corrected chi connectivity index (χ2v) is 3.81. The fourth-order valence-electron chi connectivity index (χ4n) is 1.91. The molecular formula is C12H8ClN. The Labute approximate surface area is 87.4 Å². The number of halogens is 1. The van der Waals surface area contributed by atoms with Gasteiger partial charge in [-0.15, -0.1) is 0 Å². The summed E-state index contributed by atoms with van der Waals surface area (Å²) in [6, 6.07) is 8.12. The Morgan fingerprint density at radius 3 is 3.00 bits per heavy atom. The molecule has 0 N–H and O–H groups in total. The van der Waals surface area contributed by atoms with Gasteiger partial charge in [-0.25, -0.2) is 0 Å². The minimum Gasteiger partial charge on any atom is -0.252 e. The maximum atomic E-state index is 6.16. The molecule has 0 atom stereocenters. The topological polar surface area (TPSA) is 12.4 Å². The Kier molecular flexibility index (Phi) is 1.62. The van der Waals surface area contributed by atoms with Crippen LogP contribution in [-0.2, 0) is 0 Å². The first-order chi connectivity index (χ1) is 6.86. The number of nitrogens with zero attached hydrogens (tertiary/aromatic N) is 1. The van der Waals surface area contributed by atoms with Crippen LogP contribution in [0.5, 0.6) is 0 Å². The zero-order valence-electron chi connectivity index (χ0n) is 7.50. The summed E-state index contributed by atoms with van der Waals surface area (Å²) in [5, 5.41) is 0.806. The third-order valence-electron chi connectivity index (χ3n) is 2.53. The molecule has 68 valence electrons. The molecule has 0 bridgehead atoms. The average molecular weight is 202 g/mol. The fraction of sp³-hybridized carbons (Fsp3) is 0.0833. The van der Waals surface area contributed by atoms with Crippen molar-refractivity contribution in [2.45, 2.75) is 6.42 Å². The van der Waals surface area contributed by atoms with Crippen molar-refractivity contribution in [2.75, 3.05) is 0 Å². The van der Waals surface area contributed by atoms with Gasteiger partial charge in [0, 0.05) is 17.6 Å². The Balaban J connectivity index is 2.31. The molecule has 0 spiro atoms. The van der Waals surface area contributed by atoms with Crippen molar-refractivity contribution in [3.05, 3.63) is 47.0 Å². The minimum atomic E-state index is 0.806. The highest BCUT2D eigenvalue weighted by Gasteiger charge is 2.23. The zero-order valence-corrected chi connectivity index (χ0v) is 8.25. The number of fused-ring (bicyclic) bond motifs is 3. The zero-order chi connectivity index (χ0) is 9.54. The molecule has 1 nitrogen and oxygen atoms in total. The highest BCUT2D eigenvalue weighted by Crippen LogP contribution is 2.40. The van der Waals surface area contributed by atoms with Crippen LogP contribution in [0.25, 0.3) is 5.57 Å². The van der Waals surface area contributed by atoms with Gasteiger partial charge in [-0.3, -0.25) is 4.99 Å². The second kappa shape index (κ2) is 2.82. The SMILES string of the molecule is ClC1=C2C(=Nc3ccccc32)CC=C1. The summed E-state index contributed by atoms with van der Waals surface area (Å²) in [6.07, 6.45) is 4.90. The molecule has 0 aromatic heterocycles. The fourth-order valence-corrected chi connectivity index (χ4v) is 2.21. The Hall–Kier alpha value is -1.34. The summed E-state index contributed by atoms with van der Waals surface area (Å²) in [4.78, 5) is 4.55. The first-order valence-electron chi connectivity index (χ1n) is 4.60. The maximum Gasteiger partial charge on any atom is 0.0712 e. The monoisotopic (exact) mass is 201 g/mol. The molecule has 0 saturated heterocycles. The predicted octanol–water partition coefficient (Wildman–Crippen LogP) is 3.68. The van der Waals surface area contributed by atoms with E-state index in [1.807, 2.05) is 24.3 Å². The van der Waals surface area contributed by atoms with Gasteiger partial charge in [-0.1, -0.05) is 35.9 Å². The van der Waals surface area contributed by atoms with E-state index in [4.69, 9.17) is 11.6 Å². The molecule has 3 rings (SSSR count). The number of benzene rings is 1. The van der Waals surface area contributed by atoms with E-state index in [2.05, 4.69) is 17.1 Å². The number of hydrogen-bond acceptors (Lipinski definition) is 1. The molecule has 1 heterocycles. The van der Waals surface area contributed by atoms with E-state index >= 15 is 0 Å². The van der Waals surface area contributed by atoms with Gasteiger partial charge in [0.25, 0.3) is 0 Å². The second-order valence-electron chi connectivity index (χ2n) is 3.41. The number of rotatable bonds is 0. The number of hydrogen-bond donors (Lipinski definition) is 0. The summed E-state index contributed by atoms with van der Waals surface area (Å²) < 4.78 is 0. The summed E-state index contributed by atoms with van der Waals surface area (Å²) in [5.74, 6) is 0. The van der Waals surface area contributed by atoms with Crippen LogP contribution in [-0.4, -0.2) is 5.71 Å². The lowest BCUT2D eigenvalue weighted by Crippen LogP contribution is -2.00. The molecule has 1 aromatic carbocycles. The van der Waals surface area contributed by atoms with E-state index in [9.17, 15) is 0 Å². The molecule has 2 aliphatic rings. The first kappa shape index (κ1) is 8.01. The highest BCUT2D eigenvalue weighted by atomic mass is 35.5. The van der Waals surface area contributed by atoms with E-state index in [0.29, 0.717) is 0 Å². The molecule has 14 heavy (non-hydrogen) atoms. The molecule has 0 saturated carbocycles. The largest absolute Gasteiger partial charge is 0.252 e. The lowest BCUT2D eigenvalue weighted by atomic mass is 9.97. The van der Waals surface area contributed by atoms with Crippen LogP contribution in [0.2, 0.25) is 0 Å². The van der Waals surface area contributed by atoms with Gasteiger partial charge in [0.1, 0.15) is 0 Å². The van der Waals surface area contributed by atoms with Crippen molar-refractivity contribution in [3.8, 4) is 0 Å². The van der Waals surface area contributed by atoms with Crippen LogP contribution in [0.4, 0.5) is 5.69 Å². The average Bonchev–Trinajstić information content (AvgIpc) is 2.57. The van der Waals surface area contributed by atoms with Crippen molar-refractivity contribution >= 4 is 28.6 Å². The smallest absolute Gasteiger partial charge is 0.0712 e. The van der Waals surface area contributed by atoms with Crippen molar-refractivity contribution < 1.29 is 0 Å². The van der Waals surface area contributed by atoms with E-state index in [1.165, 1.54) is 0 Å². The Morgan fingerprint density at radius 2 is 2.07 bits per heavy atom. The van der Waals surface area contributed by atoms with Crippen LogP contribution in [0, 0.1) is 0 Å². The van der Waals surface area contributed by atoms with Crippen molar-refractivity contribution in [1.29, 1.82) is 0 Å². The summed E-state index contributed by atoms with van der Waals surface area (Å²) in [5.41, 5.74) is 4.42. The van der Waals surface area contributed by atoms with Crippen LogP contribution in [0.3, 0.4) is 0 Å². The van der Waals surface area contributed by atoms with Gasteiger partial charge in [0.05, 0.1) is 16.4 Å². The van der Waals surface area contributed by atoms with Crippen LogP contribution < -0.4 is 0 Å². The molecule has 1 aliphatic carbocycles. The molecule has 0 unspecified atom stereocenters. The van der Waals surface area contributed by atoms with Crippen LogP contribution >= 0.6 is 11.6 Å². The summed E-state index contributed by atoms with van der Waals surface area (Å²) in [6.45, 7) is 0. The van der Waals surface area contributed by atoms with Crippen molar-refractivity contribution in [2.24, 2.45) is 4.99 Å². The predicted molar refractivity (Wildman–Crippen MR) is 60.1 cm³/mol. The summed E-state index contributed by atoms with van der Waals surface area (Å²) in [7, 11) is 0. The van der Waals surface area contributed by atoms with E-state index in [1.54, 1.807) is 0 Å². The minimum absolute atomic E-state index is 0.806. The third-order valence-corrected chi connectivity index (χ3v) is 2.85. The van der Waals surface area contributed by atoms with Crippen LogP contribution in [0.1, 0.15) is 12.0 Å². The number of aliphatic imine (C=N–C) groups is 1. The first-order valence-corrected chi connectivity index (χ1v) is 4.98. The van der Waals surface area contributed by atoms with E-state index in [0.717, 1.165) is 34.0 Å². The normalized spacial score (nSPS) is 17.9. The quantitative estimate of drug-likeness (QED) is 0.607. The molecule has 1 aliphatic heterocycles. The molecule has 2 heteroatoms. The van der Waals surface area contributed by atoms with Gasteiger partial charge in [0.2, 0.25) is 0 Å². The lowest BCUT2D eigenvalue weighted by molar-refractivity contribution is 1.44. The van der Waals surface area contributed by atoms with E-state index in [-0.39, 0.29) is 0 Å². The molecule has 1 aromatic rings. The third kappa shape index (κ3) is 0.992. The van der Waals surface area contributed by atoms with Gasteiger partial charge in [-0.05, 0) is 12.1 Å². The summed E-state index contributed by atoms with van der Waals surface area (Å²) >= 11 is 6.16. The maximum absolute atomic E-state index is 6.16.